The smallest absolute Gasteiger partial charge is 0.266 e. The van der Waals surface area contributed by atoms with Crippen LogP contribution in [-0.4, -0.2) is 34.9 Å². The van der Waals surface area contributed by atoms with E-state index in [0.29, 0.717) is 29.0 Å². The number of carbonyl (C=O) groups is 1. The summed E-state index contributed by atoms with van der Waals surface area (Å²) in [6.45, 7) is 3.60. The largest absolute Gasteiger partial charge is 0.490 e. The maximum Gasteiger partial charge on any atom is 0.266 e. The molecule has 0 aliphatic carbocycles. The molecule has 3 rings (SSSR count). The van der Waals surface area contributed by atoms with E-state index in [1.165, 1.54) is 11.8 Å². The number of carbonyl (C=O) groups excluding carboxylic acids is 1. The second-order valence-electron chi connectivity index (χ2n) is 5.92. The lowest BCUT2D eigenvalue weighted by Gasteiger charge is -2.12. The number of rotatable bonds is 8. The van der Waals surface area contributed by atoms with Crippen LogP contribution in [0.15, 0.2) is 59.5 Å². The first kappa shape index (κ1) is 19.5. The van der Waals surface area contributed by atoms with Gasteiger partial charge >= 0.3 is 0 Å². The Kier molecular flexibility index (Phi) is 6.90. The number of thiocarbonyl (C=S) groups is 1. The van der Waals surface area contributed by atoms with Crippen molar-refractivity contribution < 1.29 is 14.3 Å². The third-order valence-corrected chi connectivity index (χ3v) is 5.22. The van der Waals surface area contributed by atoms with E-state index in [2.05, 4.69) is 0 Å². The van der Waals surface area contributed by atoms with Crippen molar-refractivity contribution in [1.29, 1.82) is 0 Å². The van der Waals surface area contributed by atoms with Gasteiger partial charge in [-0.05, 0) is 42.3 Å². The maximum absolute atomic E-state index is 12.4. The van der Waals surface area contributed by atoms with Gasteiger partial charge in [-0.15, -0.1) is 0 Å². The molecule has 4 nitrogen and oxygen atoms in total. The standard InChI is InChI=1S/C21H21NO3S2/c1-2-11-22-20(23)19(27-21(22)26)15-16-7-6-10-18(14-16)25-13-12-24-17-8-4-3-5-9-17/h3-10,14-15H,2,11-13H2,1H3/b19-15-. The van der Waals surface area contributed by atoms with Gasteiger partial charge in [0.25, 0.3) is 5.91 Å². The molecule has 27 heavy (non-hydrogen) atoms. The zero-order valence-electron chi connectivity index (χ0n) is 15.1. The predicted octanol–water partition coefficient (Wildman–Crippen LogP) is 4.76. The third-order valence-electron chi connectivity index (χ3n) is 3.84. The molecule has 1 aliphatic rings. The van der Waals surface area contributed by atoms with E-state index in [0.717, 1.165) is 23.5 Å². The Hall–Kier alpha value is -2.31. The van der Waals surface area contributed by atoms with Crippen LogP contribution in [0.5, 0.6) is 11.5 Å². The molecule has 140 valence electrons. The van der Waals surface area contributed by atoms with Crippen molar-refractivity contribution in [2.24, 2.45) is 0 Å². The van der Waals surface area contributed by atoms with E-state index in [9.17, 15) is 4.79 Å². The Labute approximate surface area is 169 Å². The minimum absolute atomic E-state index is 0.0190. The van der Waals surface area contributed by atoms with Gasteiger partial charge in [-0.2, -0.15) is 0 Å². The van der Waals surface area contributed by atoms with Crippen molar-refractivity contribution in [3.8, 4) is 11.5 Å². The molecule has 0 spiro atoms. The monoisotopic (exact) mass is 399 g/mol. The van der Waals surface area contributed by atoms with Crippen LogP contribution in [-0.2, 0) is 4.79 Å². The first-order valence-electron chi connectivity index (χ1n) is 8.83. The van der Waals surface area contributed by atoms with Crippen LogP contribution in [0.25, 0.3) is 6.08 Å². The second kappa shape index (κ2) is 9.58. The molecule has 1 aliphatic heterocycles. The van der Waals surface area contributed by atoms with Crippen molar-refractivity contribution in [1.82, 2.24) is 4.90 Å². The molecule has 0 N–H and O–H groups in total. The summed E-state index contributed by atoms with van der Waals surface area (Å²) in [7, 11) is 0. The topological polar surface area (TPSA) is 38.8 Å². The molecule has 0 bridgehead atoms. The summed E-state index contributed by atoms with van der Waals surface area (Å²) in [4.78, 5) is 14.8. The number of thioether (sulfide) groups is 1. The maximum atomic E-state index is 12.4. The zero-order valence-corrected chi connectivity index (χ0v) is 16.7. The Bertz CT molecular complexity index is 836. The molecule has 2 aromatic carbocycles. The van der Waals surface area contributed by atoms with Gasteiger partial charge in [-0.25, -0.2) is 0 Å². The highest BCUT2D eigenvalue weighted by molar-refractivity contribution is 8.26. The fourth-order valence-corrected chi connectivity index (χ4v) is 3.91. The number of hydrogen-bond donors (Lipinski definition) is 0. The molecular formula is C21H21NO3S2. The average molecular weight is 400 g/mol. The second-order valence-corrected chi connectivity index (χ2v) is 7.59. The van der Waals surface area contributed by atoms with E-state index in [1.807, 2.05) is 67.6 Å². The van der Waals surface area contributed by atoms with Crippen molar-refractivity contribution in [2.75, 3.05) is 19.8 Å². The molecule has 1 fully saturated rings. The van der Waals surface area contributed by atoms with Crippen LogP contribution in [0.3, 0.4) is 0 Å². The van der Waals surface area contributed by atoms with E-state index >= 15 is 0 Å². The molecular weight excluding hydrogens is 378 g/mol. The quantitative estimate of drug-likeness (QED) is 0.364. The molecule has 0 atom stereocenters. The minimum atomic E-state index is -0.0190. The average Bonchev–Trinajstić information content (AvgIpc) is 2.94. The summed E-state index contributed by atoms with van der Waals surface area (Å²) in [6, 6.07) is 17.3. The van der Waals surface area contributed by atoms with Gasteiger partial charge in [-0.3, -0.25) is 9.69 Å². The number of benzene rings is 2. The molecule has 2 aromatic rings. The van der Waals surface area contributed by atoms with Crippen LogP contribution < -0.4 is 9.47 Å². The molecule has 0 saturated carbocycles. The number of amides is 1. The lowest BCUT2D eigenvalue weighted by molar-refractivity contribution is -0.122. The molecule has 0 unspecified atom stereocenters. The highest BCUT2D eigenvalue weighted by Gasteiger charge is 2.31. The molecule has 1 amide bonds. The summed E-state index contributed by atoms with van der Waals surface area (Å²) in [5.41, 5.74) is 0.911. The summed E-state index contributed by atoms with van der Waals surface area (Å²) in [6.07, 6.45) is 2.75. The fraction of sp³-hybridized carbons (Fsp3) is 0.238. The summed E-state index contributed by atoms with van der Waals surface area (Å²) >= 11 is 6.65. The molecule has 1 saturated heterocycles. The molecule has 6 heteroatoms. The first-order chi connectivity index (χ1) is 13.2. The Morgan fingerprint density at radius 1 is 1.04 bits per heavy atom. The zero-order chi connectivity index (χ0) is 19.1. The Morgan fingerprint density at radius 3 is 2.48 bits per heavy atom. The van der Waals surface area contributed by atoms with E-state index < -0.39 is 0 Å². The summed E-state index contributed by atoms with van der Waals surface area (Å²) in [5, 5.41) is 0. The predicted molar refractivity (Wildman–Crippen MR) is 114 cm³/mol. The number of hydrogen-bond acceptors (Lipinski definition) is 5. The third kappa shape index (κ3) is 5.34. The molecule has 0 radical (unpaired) electrons. The van der Waals surface area contributed by atoms with E-state index in [4.69, 9.17) is 21.7 Å². The van der Waals surface area contributed by atoms with Gasteiger partial charge in [-0.1, -0.05) is 61.2 Å². The minimum Gasteiger partial charge on any atom is -0.490 e. The lowest BCUT2D eigenvalue weighted by atomic mass is 10.2. The van der Waals surface area contributed by atoms with Gasteiger partial charge in [0.1, 0.15) is 29.0 Å². The lowest BCUT2D eigenvalue weighted by Crippen LogP contribution is -2.28. The highest BCUT2D eigenvalue weighted by atomic mass is 32.2. The van der Waals surface area contributed by atoms with E-state index in [1.54, 1.807) is 4.90 Å². The van der Waals surface area contributed by atoms with Crippen LogP contribution in [0, 0.1) is 0 Å². The van der Waals surface area contributed by atoms with Crippen molar-refractivity contribution in [2.45, 2.75) is 13.3 Å². The summed E-state index contributed by atoms with van der Waals surface area (Å²) in [5.74, 6) is 1.54. The van der Waals surface area contributed by atoms with Gasteiger partial charge < -0.3 is 9.47 Å². The Balaban J connectivity index is 1.57. The normalized spacial score (nSPS) is 15.4. The van der Waals surface area contributed by atoms with Gasteiger partial charge in [0.2, 0.25) is 0 Å². The fourth-order valence-electron chi connectivity index (χ4n) is 2.60. The van der Waals surface area contributed by atoms with Gasteiger partial charge in [0.15, 0.2) is 0 Å². The highest BCUT2D eigenvalue weighted by Crippen LogP contribution is 2.33. The van der Waals surface area contributed by atoms with Crippen LogP contribution >= 0.6 is 24.0 Å². The van der Waals surface area contributed by atoms with Crippen LogP contribution in [0.2, 0.25) is 0 Å². The number of nitrogens with zero attached hydrogens (tertiary/aromatic N) is 1. The molecule has 1 heterocycles. The number of ether oxygens (including phenoxy) is 2. The SMILES string of the molecule is CCCN1C(=O)/C(=C/c2cccc(OCCOc3ccccc3)c2)SC1=S. The summed E-state index contributed by atoms with van der Waals surface area (Å²) < 4.78 is 12.0. The Morgan fingerprint density at radius 2 is 1.74 bits per heavy atom. The van der Waals surface area contributed by atoms with Gasteiger partial charge in [0, 0.05) is 6.54 Å². The van der Waals surface area contributed by atoms with Crippen molar-refractivity contribution >= 4 is 40.3 Å². The van der Waals surface area contributed by atoms with Crippen molar-refractivity contribution in [3.05, 3.63) is 65.1 Å². The first-order valence-corrected chi connectivity index (χ1v) is 10.1. The van der Waals surface area contributed by atoms with Crippen LogP contribution in [0.1, 0.15) is 18.9 Å². The van der Waals surface area contributed by atoms with Gasteiger partial charge in [0.05, 0.1) is 4.91 Å². The van der Waals surface area contributed by atoms with Crippen LogP contribution in [0.4, 0.5) is 0 Å². The molecule has 0 aromatic heterocycles. The number of para-hydroxylation sites is 1. The van der Waals surface area contributed by atoms with E-state index in [-0.39, 0.29) is 5.91 Å². The van der Waals surface area contributed by atoms with Crippen molar-refractivity contribution in [3.63, 3.8) is 0 Å².